The minimum absolute atomic E-state index is 0.304. The lowest BCUT2D eigenvalue weighted by molar-refractivity contribution is 0.199. The number of nitriles is 1. The number of aliphatic hydroxyl groups excluding tert-OH is 1. The lowest BCUT2D eigenvalue weighted by Crippen LogP contribution is -2.20. The van der Waals surface area contributed by atoms with Crippen LogP contribution in [0.4, 0.5) is 5.69 Å². The summed E-state index contributed by atoms with van der Waals surface area (Å²) in [5, 5.41) is 21.6. The first-order valence-corrected chi connectivity index (χ1v) is 6.60. The van der Waals surface area contributed by atoms with E-state index >= 15 is 0 Å². The highest BCUT2D eigenvalue weighted by molar-refractivity contribution is 5.51. The molecule has 2 rings (SSSR count). The summed E-state index contributed by atoms with van der Waals surface area (Å²) in [6.07, 6.45) is 3.58. The molecule has 0 radical (unpaired) electrons. The molecule has 1 fully saturated rings. The second-order valence-electron chi connectivity index (χ2n) is 5.16. The smallest absolute Gasteiger partial charge is 0.0994 e. The molecule has 1 aliphatic carbocycles. The van der Waals surface area contributed by atoms with E-state index in [1.807, 2.05) is 25.1 Å². The van der Waals surface area contributed by atoms with E-state index in [0.717, 1.165) is 29.8 Å². The van der Waals surface area contributed by atoms with E-state index in [4.69, 9.17) is 5.26 Å². The largest absolute Gasteiger partial charge is 0.396 e. The number of rotatable bonds is 4. The van der Waals surface area contributed by atoms with Gasteiger partial charge in [-0.2, -0.15) is 5.26 Å². The van der Waals surface area contributed by atoms with Crippen LogP contribution in [0.1, 0.15) is 30.4 Å². The Labute approximate surface area is 108 Å². The number of anilines is 1. The molecule has 0 aromatic heterocycles. The average Bonchev–Trinajstić information content (AvgIpc) is 2.84. The van der Waals surface area contributed by atoms with Crippen LogP contribution in [-0.2, 0) is 0 Å². The van der Waals surface area contributed by atoms with Crippen molar-refractivity contribution in [2.75, 3.05) is 18.5 Å². The van der Waals surface area contributed by atoms with Crippen molar-refractivity contribution in [3.8, 4) is 6.07 Å². The molecule has 2 atom stereocenters. The molecular formula is C15H20N2O. The summed E-state index contributed by atoms with van der Waals surface area (Å²) < 4.78 is 0. The summed E-state index contributed by atoms with van der Waals surface area (Å²) in [7, 11) is 0. The minimum atomic E-state index is 0.304. The van der Waals surface area contributed by atoms with Crippen LogP contribution in [0.5, 0.6) is 0 Å². The van der Waals surface area contributed by atoms with Crippen LogP contribution < -0.4 is 5.32 Å². The number of benzene rings is 1. The number of aryl methyl sites for hydroxylation is 1. The van der Waals surface area contributed by atoms with Crippen LogP contribution in [0.2, 0.25) is 0 Å². The van der Waals surface area contributed by atoms with Crippen molar-refractivity contribution in [3.05, 3.63) is 29.3 Å². The van der Waals surface area contributed by atoms with Gasteiger partial charge in [0.1, 0.15) is 0 Å². The van der Waals surface area contributed by atoms with Crippen molar-refractivity contribution in [1.82, 2.24) is 0 Å². The fourth-order valence-corrected chi connectivity index (χ4v) is 2.77. The van der Waals surface area contributed by atoms with Gasteiger partial charge in [-0.3, -0.25) is 0 Å². The highest BCUT2D eigenvalue weighted by atomic mass is 16.3. The van der Waals surface area contributed by atoms with E-state index in [-0.39, 0.29) is 0 Å². The summed E-state index contributed by atoms with van der Waals surface area (Å²) in [5.41, 5.74) is 2.80. The zero-order valence-electron chi connectivity index (χ0n) is 10.8. The normalized spacial score (nSPS) is 22.7. The SMILES string of the molecule is Cc1cc(NCC2CCCC2CO)ccc1C#N. The molecule has 0 heterocycles. The van der Waals surface area contributed by atoms with Crippen molar-refractivity contribution in [2.24, 2.45) is 11.8 Å². The zero-order chi connectivity index (χ0) is 13.0. The van der Waals surface area contributed by atoms with Crippen LogP contribution >= 0.6 is 0 Å². The van der Waals surface area contributed by atoms with E-state index in [0.29, 0.717) is 18.4 Å². The standard InChI is InChI=1S/C15H20N2O/c1-11-7-15(6-5-12(11)8-16)17-9-13-3-2-4-14(13)10-18/h5-7,13-14,17-18H,2-4,9-10H2,1H3. The van der Waals surface area contributed by atoms with Crippen LogP contribution in [0.3, 0.4) is 0 Å². The Bertz CT molecular complexity index is 450. The first kappa shape index (κ1) is 12.9. The van der Waals surface area contributed by atoms with Crippen molar-refractivity contribution < 1.29 is 5.11 Å². The van der Waals surface area contributed by atoms with Gasteiger partial charge in [-0.05, 0) is 55.4 Å². The predicted molar refractivity (Wildman–Crippen MR) is 72.3 cm³/mol. The van der Waals surface area contributed by atoms with Gasteiger partial charge in [0.05, 0.1) is 11.6 Å². The van der Waals surface area contributed by atoms with E-state index in [1.165, 1.54) is 12.8 Å². The number of hydrogen-bond acceptors (Lipinski definition) is 3. The molecule has 96 valence electrons. The second kappa shape index (κ2) is 5.88. The monoisotopic (exact) mass is 244 g/mol. The van der Waals surface area contributed by atoms with E-state index in [2.05, 4.69) is 11.4 Å². The Hall–Kier alpha value is -1.53. The highest BCUT2D eigenvalue weighted by Gasteiger charge is 2.26. The van der Waals surface area contributed by atoms with Crippen molar-refractivity contribution in [3.63, 3.8) is 0 Å². The predicted octanol–water partition coefficient (Wildman–Crippen LogP) is 2.69. The molecule has 0 saturated heterocycles. The Morgan fingerprint density at radius 1 is 1.39 bits per heavy atom. The summed E-state index contributed by atoms with van der Waals surface area (Å²) >= 11 is 0. The van der Waals surface area contributed by atoms with Gasteiger partial charge in [-0.25, -0.2) is 0 Å². The molecule has 1 aromatic rings. The minimum Gasteiger partial charge on any atom is -0.396 e. The number of hydrogen-bond donors (Lipinski definition) is 2. The molecular weight excluding hydrogens is 224 g/mol. The Morgan fingerprint density at radius 3 is 2.83 bits per heavy atom. The van der Waals surface area contributed by atoms with Gasteiger partial charge in [-0.15, -0.1) is 0 Å². The van der Waals surface area contributed by atoms with Crippen molar-refractivity contribution >= 4 is 5.69 Å². The van der Waals surface area contributed by atoms with Crippen LogP contribution in [0, 0.1) is 30.1 Å². The quantitative estimate of drug-likeness (QED) is 0.856. The fraction of sp³-hybridized carbons (Fsp3) is 0.533. The summed E-state index contributed by atoms with van der Waals surface area (Å²) in [5.74, 6) is 1.03. The topological polar surface area (TPSA) is 56.0 Å². The van der Waals surface area contributed by atoms with Crippen LogP contribution in [-0.4, -0.2) is 18.3 Å². The van der Waals surface area contributed by atoms with Gasteiger partial charge in [0.25, 0.3) is 0 Å². The average molecular weight is 244 g/mol. The number of nitrogens with one attached hydrogen (secondary N) is 1. The number of nitrogens with zero attached hydrogens (tertiary/aromatic N) is 1. The third-order valence-corrected chi connectivity index (χ3v) is 3.97. The molecule has 0 amide bonds. The maximum Gasteiger partial charge on any atom is 0.0994 e. The summed E-state index contributed by atoms with van der Waals surface area (Å²) in [6.45, 7) is 3.17. The van der Waals surface area contributed by atoms with E-state index < -0.39 is 0 Å². The van der Waals surface area contributed by atoms with Gasteiger partial charge >= 0.3 is 0 Å². The molecule has 3 heteroatoms. The molecule has 18 heavy (non-hydrogen) atoms. The zero-order valence-corrected chi connectivity index (χ0v) is 10.8. The first-order chi connectivity index (χ1) is 8.74. The molecule has 2 unspecified atom stereocenters. The first-order valence-electron chi connectivity index (χ1n) is 6.60. The van der Waals surface area contributed by atoms with Crippen molar-refractivity contribution in [1.29, 1.82) is 5.26 Å². The molecule has 2 N–H and O–H groups in total. The Kier molecular flexibility index (Phi) is 4.22. The van der Waals surface area contributed by atoms with Crippen LogP contribution in [0.15, 0.2) is 18.2 Å². The molecule has 0 bridgehead atoms. The molecule has 1 aliphatic rings. The summed E-state index contributed by atoms with van der Waals surface area (Å²) in [6, 6.07) is 8.00. The van der Waals surface area contributed by atoms with Gasteiger partial charge in [0, 0.05) is 18.8 Å². The van der Waals surface area contributed by atoms with E-state index in [9.17, 15) is 5.11 Å². The lowest BCUT2D eigenvalue weighted by Gasteiger charge is -2.18. The Balaban J connectivity index is 1.94. The fourth-order valence-electron chi connectivity index (χ4n) is 2.77. The van der Waals surface area contributed by atoms with Gasteiger partial charge in [0.15, 0.2) is 0 Å². The molecule has 3 nitrogen and oxygen atoms in total. The van der Waals surface area contributed by atoms with Crippen LogP contribution in [0.25, 0.3) is 0 Å². The van der Waals surface area contributed by atoms with Gasteiger partial charge in [-0.1, -0.05) is 6.42 Å². The Morgan fingerprint density at radius 2 is 2.17 bits per heavy atom. The number of aliphatic hydroxyl groups is 1. The molecule has 1 aromatic carbocycles. The maximum atomic E-state index is 9.28. The lowest BCUT2D eigenvalue weighted by atomic mass is 9.97. The highest BCUT2D eigenvalue weighted by Crippen LogP contribution is 2.31. The van der Waals surface area contributed by atoms with Crippen molar-refractivity contribution in [2.45, 2.75) is 26.2 Å². The van der Waals surface area contributed by atoms with E-state index in [1.54, 1.807) is 0 Å². The maximum absolute atomic E-state index is 9.28. The van der Waals surface area contributed by atoms with Gasteiger partial charge < -0.3 is 10.4 Å². The molecule has 0 aliphatic heterocycles. The molecule has 1 saturated carbocycles. The van der Waals surface area contributed by atoms with Gasteiger partial charge in [0.2, 0.25) is 0 Å². The third-order valence-electron chi connectivity index (χ3n) is 3.97. The summed E-state index contributed by atoms with van der Waals surface area (Å²) in [4.78, 5) is 0. The second-order valence-corrected chi connectivity index (χ2v) is 5.16. The molecule has 0 spiro atoms. The third kappa shape index (κ3) is 2.83.